The highest BCUT2D eigenvalue weighted by Gasteiger charge is 2.23. The average molecular weight is 466 g/mol. The zero-order valence-electron chi connectivity index (χ0n) is 17.2. The van der Waals surface area contributed by atoms with Gasteiger partial charge in [0.05, 0.1) is 11.5 Å². The Morgan fingerprint density at radius 1 is 1.13 bits per heavy atom. The highest BCUT2D eigenvalue weighted by atomic mass is 32.2. The fourth-order valence-electron chi connectivity index (χ4n) is 2.90. The first-order valence-electron chi connectivity index (χ1n) is 9.69. The van der Waals surface area contributed by atoms with Crippen LogP contribution in [0.25, 0.3) is 11.4 Å². The van der Waals surface area contributed by atoms with Crippen LogP contribution in [-0.4, -0.2) is 53.0 Å². The van der Waals surface area contributed by atoms with Gasteiger partial charge >= 0.3 is 0 Å². The van der Waals surface area contributed by atoms with E-state index in [4.69, 9.17) is 10.6 Å². The summed E-state index contributed by atoms with van der Waals surface area (Å²) in [5, 5.41) is 8.68. The summed E-state index contributed by atoms with van der Waals surface area (Å²) in [7, 11) is -3.59. The molecule has 0 aliphatic rings. The summed E-state index contributed by atoms with van der Waals surface area (Å²) in [6, 6.07) is 12.3. The molecule has 166 valence electrons. The second kappa shape index (κ2) is 10.1. The molecule has 8 nitrogen and oxygen atoms in total. The van der Waals surface area contributed by atoms with Crippen molar-refractivity contribution in [2.75, 3.05) is 31.3 Å². The summed E-state index contributed by atoms with van der Waals surface area (Å²) in [5.41, 5.74) is 0.553. The molecular formula is C20H24FN5O3S2. The molecule has 0 fully saturated rings. The molecule has 1 aromatic heterocycles. The van der Waals surface area contributed by atoms with Crippen LogP contribution in [0.2, 0.25) is 0 Å². The predicted molar refractivity (Wildman–Crippen MR) is 118 cm³/mol. The van der Waals surface area contributed by atoms with Crippen LogP contribution in [0.5, 0.6) is 5.75 Å². The van der Waals surface area contributed by atoms with E-state index in [2.05, 4.69) is 10.2 Å². The lowest BCUT2D eigenvalue weighted by atomic mass is 10.2. The number of aromatic nitrogens is 3. The number of benzene rings is 2. The molecule has 31 heavy (non-hydrogen) atoms. The molecular weight excluding hydrogens is 441 g/mol. The summed E-state index contributed by atoms with van der Waals surface area (Å²) in [6.45, 7) is 4.74. The van der Waals surface area contributed by atoms with Gasteiger partial charge in [-0.05, 0) is 36.4 Å². The molecule has 0 atom stereocenters. The van der Waals surface area contributed by atoms with Crippen molar-refractivity contribution in [1.82, 2.24) is 19.2 Å². The molecule has 0 aliphatic carbocycles. The maximum absolute atomic E-state index is 12.9. The van der Waals surface area contributed by atoms with Crippen molar-refractivity contribution >= 4 is 21.8 Å². The molecule has 1 heterocycles. The van der Waals surface area contributed by atoms with Crippen LogP contribution in [0.4, 0.5) is 4.39 Å². The number of sulfonamides is 1. The number of nitrogen functional groups attached to an aromatic ring is 1. The molecule has 0 saturated heterocycles. The smallest absolute Gasteiger partial charge is 0.243 e. The number of hydrogen-bond donors (Lipinski definition) is 1. The van der Waals surface area contributed by atoms with Gasteiger partial charge in [0.25, 0.3) is 0 Å². The van der Waals surface area contributed by atoms with Gasteiger partial charge in [0.2, 0.25) is 15.2 Å². The first kappa shape index (κ1) is 23.0. The van der Waals surface area contributed by atoms with Gasteiger partial charge in [-0.3, -0.25) is 0 Å². The Balaban J connectivity index is 1.69. The van der Waals surface area contributed by atoms with Crippen molar-refractivity contribution in [1.29, 1.82) is 0 Å². The fourth-order valence-corrected chi connectivity index (χ4v) is 5.08. The lowest BCUT2D eigenvalue weighted by Crippen LogP contribution is -2.30. The third kappa shape index (κ3) is 5.35. The SMILES string of the molecule is CCN(CC)S(=O)(=O)c1cccc(-c2nnc(SCCOc3ccc(F)cc3)n2N)c1. The van der Waals surface area contributed by atoms with E-state index in [1.165, 1.54) is 32.9 Å². The molecule has 11 heteroatoms. The molecule has 0 unspecified atom stereocenters. The van der Waals surface area contributed by atoms with Gasteiger partial charge in [-0.15, -0.1) is 10.2 Å². The van der Waals surface area contributed by atoms with E-state index in [1.807, 2.05) is 0 Å². The Hall–Kier alpha value is -2.63. The molecule has 3 rings (SSSR count). The van der Waals surface area contributed by atoms with E-state index >= 15 is 0 Å². The predicted octanol–water partition coefficient (Wildman–Crippen LogP) is 3.00. The highest BCUT2D eigenvalue weighted by Crippen LogP contribution is 2.25. The van der Waals surface area contributed by atoms with Crippen LogP contribution in [0.1, 0.15) is 13.8 Å². The summed E-state index contributed by atoms with van der Waals surface area (Å²) < 4.78 is 46.8. The van der Waals surface area contributed by atoms with Crippen LogP contribution >= 0.6 is 11.8 Å². The molecule has 2 N–H and O–H groups in total. The number of nitrogens with two attached hydrogens (primary N) is 1. The zero-order chi connectivity index (χ0) is 22.4. The van der Waals surface area contributed by atoms with Crippen molar-refractivity contribution in [2.24, 2.45) is 0 Å². The van der Waals surface area contributed by atoms with Gasteiger partial charge in [-0.1, -0.05) is 37.7 Å². The van der Waals surface area contributed by atoms with E-state index in [0.29, 0.717) is 47.7 Å². The lowest BCUT2D eigenvalue weighted by molar-refractivity contribution is 0.343. The van der Waals surface area contributed by atoms with E-state index in [0.717, 1.165) is 0 Å². The molecule has 2 aromatic carbocycles. The Labute approximate surface area is 185 Å². The fraction of sp³-hybridized carbons (Fsp3) is 0.300. The van der Waals surface area contributed by atoms with Gasteiger partial charge in [0, 0.05) is 24.4 Å². The van der Waals surface area contributed by atoms with Crippen LogP contribution in [0.3, 0.4) is 0 Å². The Morgan fingerprint density at radius 2 is 1.84 bits per heavy atom. The molecule has 0 radical (unpaired) electrons. The summed E-state index contributed by atoms with van der Waals surface area (Å²) in [6.07, 6.45) is 0. The minimum Gasteiger partial charge on any atom is -0.493 e. The lowest BCUT2D eigenvalue weighted by Gasteiger charge is -2.18. The number of nitrogens with zero attached hydrogens (tertiary/aromatic N) is 4. The minimum absolute atomic E-state index is 0.179. The second-order valence-electron chi connectivity index (χ2n) is 6.44. The highest BCUT2D eigenvalue weighted by molar-refractivity contribution is 7.99. The van der Waals surface area contributed by atoms with Crippen LogP contribution < -0.4 is 10.6 Å². The van der Waals surface area contributed by atoms with Crippen LogP contribution in [-0.2, 0) is 10.0 Å². The number of thioether (sulfide) groups is 1. The Bertz CT molecular complexity index is 1120. The molecule has 0 amide bonds. The molecule has 0 aliphatic heterocycles. The molecule has 0 bridgehead atoms. The number of halogens is 1. The zero-order valence-corrected chi connectivity index (χ0v) is 18.9. The second-order valence-corrected chi connectivity index (χ2v) is 9.44. The average Bonchev–Trinajstić information content (AvgIpc) is 3.13. The van der Waals surface area contributed by atoms with Gasteiger partial charge in [0.15, 0.2) is 5.82 Å². The van der Waals surface area contributed by atoms with Gasteiger partial charge in [-0.25, -0.2) is 17.5 Å². The Kier molecular flexibility index (Phi) is 7.52. The summed E-state index contributed by atoms with van der Waals surface area (Å²) in [5.74, 6) is 7.30. The van der Waals surface area contributed by atoms with Gasteiger partial charge in [-0.2, -0.15) is 4.31 Å². The molecule has 0 saturated carbocycles. The maximum Gasteiger partial charge on any atom is 0.243 e. The number of hydrogen-bond acceptors (Lipinski definition) is 7. The van der Waals surface area contributed by atoms with Gasteiger partial charge < -0.3 is 10.6 Å². The Morgan fingerprint density at radius 3 is 2.52 bits per heavy atom. The third-order valence-corrected chi connectivity index (χ3v) is 7.45. The largest absolute Gasteiger partial charge is 0.493 e. The first-order valence-corrected chi connectivity index (χ1v) is 12.1. The third-order valence-electron chi connectivity index (χ3n) is 4.50. The van der Waals surface area contributed by atoms with Gasteiger partial charge in [0.1, 0.15) is 11.6 Å². The first-order chi connectivity index (χ1) is 14.9. The normalized spacial score (nSPS) is 11.7. The number of rotatable bonds is 10. The monoisotopic (exact) mass is 465 g/mol. The van der Waals surface area contributed by atoms with E-state index in [9.17, 15) is 12.8 Å². The molecule has 0 spiro atoms. The van der Waals surface area contributed by atoms with Crippen molar-refractivity contribution in [2.45, 2.75) is 23.9 Å². The van der Waals surface area contributed by atoms with Crippen molar-refractivity contribution in [3.05, 3.63) is 54.3 Å². The van der Waals surface area contributed by atoms with Crippen molar-refractivity contribution < 1.29 is 17.5 Å². The van der Waals surface area contributed by atoms with Crippen LogP contribution in [0, 0.1) is 5.82 Å². The van der Waals surface area contributed by atoms with E-state index in [1.54, 1.807) is 50.2 Å². The molecule has 3 aromatic rings. The van der Waals surface area contributed by atoms with Crippen molar-refractivity contribution in [3.63, 3.8) is 0 Å². The number of ether oxygens (including phenoxy) is 1. The van der Waals surface area contributed by atoms with Crippen LogP contribution in [0.15, 0.2) is 58.6 Å². The summed E-state index contributed by atoms with van der Waals surface area (Å²) in [4.78, 5) is 0.179. The van der Waals surface area contributed by atoms with Crippen molar-refractivity contribution in [3.8, 4) is 17.1 Å². The standard InChI is InChI=1S/C20H24FN5O3S2/c1-3-25(4-2)31(27,28)18-7-5-6-15(14-18)19-23-24-20(26(19)22)30-13-12-29-17-10-8-16(21)9-11-17/h5-11,14H,3-4,12-13,22H2,1-2H3. The minimum atomic E-state index is -3.59. The van der Waals surface area contributed by atoms with E-state index < -0.39 is 10.0 Å². The topological polar surface area (TPSA) is 103 Å². The van der Waals surface area contributed by atoms with E-state index in [-0.39, 0.29) is 10.7 Å². The quantitative estimate of drug-likeness (QED) is 0.279. The maximum atomic E-state index is 12.9. The summed E-state index contributed by atoms with van der Waals surface area (Å²) >= 11 is 1.35.